The minimum absolute atomic E-state index is 0.0942. The fraction of sp³-hybridized carbons (Fsp3) is 0.533. The Morgan fingerprint density at radius 2 is 1.86 bits per heavy atom. The van der Waals surface area contributed by atoms with Crippen molar-refractivity contribution < 1.29 is 27.8 Å². The zero-order chi connectivity index (χ0) is 16.5. The van der Waals surface area contributed by atoms with Crippen LogP contribution in [0.5, 0.6) is 5.75 Å². The maximum absolute atomic E-state index is 12.3. The van der Waals surface area contributed by atoms with Crippen LogP contribution >= 0.6 is 0 Å². The zero-order valence-corrected chi connectivity index (χ0v) is 13.6. The van der Waals surface area contributed by atoms with Gasteiger partial charge in [-0.25, -0.2) is 8.42 Å². The van der Waals surface area contributed by atoms with Crippen molar-refractivity contribution in [2.24, 2.45) is 5.41 Å². The van der Waals surface area contributed by atoms with E-state index in [2.05, 4.69) is 0 Å². The molecule has 0 aromatic heterocycles. The zero-order valence-electron chi connectivity index (χ0n) is 12.8. The molecule has 1 saturated carbocycles. The lowest BCUT2D eigenvalue weighted by Gasteiger charge is -2.11. The first-order chi connectivity index (χ1) is 10.3. The number of sulfone groups is 1. The molecule has 1 aliphatic carbocycles. The summed E-state index contributed by atoms with van der Waals surface area (Å²) in [4.78, 5) is 11.8. The molecule has 0 bridgehead atoms. The van der Waals surface area contributed by atoms with Gasteiger partial charge < -0.3 is 14.6 Å². The third-order valence-electron chi connectivity index (χ3n) is 4.30. The standard InChI is InChI=1S/C15H20O6S/c1-4-22(18,19)13-12(15(13,9-20-2)14(16)17)10-5-7-11(21-3)8-6-10/h5-8,12-13H,4,9H2,1-3H3,(H,16,17)/t12-,13-,15-/m1/s1. The Bertz CT molecular complexity index is 651. The molecule has 0 amide bonds. The number of hydrogen-bond acceptors (Lipinski definition) is 5. The molecule has 3 atom stereocenters. The van der Waals surface area contributed by atoms with Crippen molar-refractivity contribution in [2.75, 3.05) is 26.6 Å². The summed E-state index contributed by atoms with van der Waals surface area (Å²) in [6.45, 7) is 1.39. The molecule has 0 heterocycles. The average Bonchev–Trinajstić information content (AvgIpc) is 3.19. The fourth-order valence-corrected chi connectivity index (χ4v) is 5.17. The molecular weight excluding hydrogens is 308 g/mol. The second kappa shape index (κ2) is 5.89. The van der Waals surface area contributed by atoms with Gasteiger partial charge >= 0.3 is 5.97 Å². The van der Waals surface area contributed by atoms with Crippen molar-refractivity contribution in [3.05, 3.63) is 29.8 Å². The van der Waals surface area contributed by atoms with Crippen LogP contribution < -0.4 is 4.74 Å². The summed E-state index contributed by atoms with van der Waals surface area (Å²) in [6, 6.07) is 6.81. The van der Waals surface area contributed by atoms with Crippen LogP contribution in [0.25, 0.3) is 0 Å². The highest BCUT2D eigenvalue weighted by atomic mass is 32.2. The largest absolute Gasteiger partial charge is 0.497 e. The lowest BCUT2D eigenvalue weighted by molar-refractivity contribution is -0.145. The molecule has 22 heavy (non-hydrogen) atoms. The molecule has 6 nitrogen and oxygen atoms in total. The molecule has 2 rings (SSSR count). The Labute approximate surface area is 130 Å². The molecule has 1 aromatic rings. The summed E-state index contributed by atoms with van der Waals surface area (Å²) >= 11 is 0. The monoisotopic (exact) mass is 328 g/mol. The number of carboxylic acids is 1. The molecule has 1 aliphatic rings. The lowest BCUT2D eigenvalue weighted by atomic mass is 10.00. The van der Waals surface area contributed by atoms with Gasteiger partial charge in [0.1, 0.15) is 11.2 Å². The van der Waals surface area contributed by atoms with Gasteiger partial charge in [-0.05, 0) is 17.7 Å². The van der Waals surface area contributed by atoms with Crippen molar-refractivity contribution in [3.8, 4) is 5.75 Å². The molecular formula is C15H20O6S. The molecule has 0 aliphatic heterocycles. The van der Waals surface area contributed by atoms with E-state index >= 15 is 0 Å². The van der Waals surface area contributed by atoms with E-state index in [0.717, 1.165) is 0 Å². The van der Waals surface area contributed by atoms with Gasteiger partial charge in [-0.1, -0.05) is 19.1 Å². The predicted molar refractivity (Wildman–Crippen MR) is 80.9 cm³/mol. The van der Waals surface area contributed by atoms with E-state index in [1.165, 1.54) is 21.1 Å². The minimum Gasteiger partial charge on any atom is -0.497 e. The Morgan fingerprint density at radius 3 is 2.27 bits per heavy atom. The van der Waals surface area contributed by atoms with Gasteiger partial charge in [-0.2, -0.15) is 0 Å². The number of benzene rings is 1. The summed E-state index contributed by atoms with van der Waals surface area (Å²) in [6.07, 6.45) is 0. The van der Waals surface area contributed by atoms with Crippen LogP contribution in [0.4, 0.5) is 0 Å². The highest BCUT2D eigenvalue weighted by Gasteiger charge is 2.75. The number of hydrogen-bond donors (Lipinski definition) is 1. The summed E-state index contributed by atoms with van der Waals surface area (Å²) < 4.78 is 34.7. The predicted octanol–water partition coefficient (Wildman–Crippen LogP) is 1.31. The Hall–Kier alpha value is -1.60. The van der Waals surface area contributed by atoms with Gasteiger partial charge in [0, 0.05) is 18.8 Å². The third kappa shape index (κ3) is 2.48. The SMILES string of the molecule is CCS(=O)(=O)[C@@H]1[C@@H](c2ccc(OC)cc2)[C@@]1(COC)C(=O)O. The first-order valence-corrected chi connectivity index (χ1v) is 8.64. The van der Waals surface area contributed by atoms with Crippen LogP contribution in [0.1, 0.15) is 18.4 Å². The first-order valence-electron chi connectivity index (χ1n) is 6.93. The highest BCUT2D eigenvalue weighted by molar-refractivity contribution is 7.92. The molecule has 0 unspecified atom stereocenters. The van der Waals surface area contributed by atoms with Gasteiger partial charge in [0.15, 0.2) is 9.84 Å². The second-order valence-corrected chi connectivity index (χ2v) is 7.81. The van der Waals surface area contributed by atoms with E-state index in [-0.39, 0.29) is 12.4 Å². The lowest BCUT2D eigenvalue weighted by Crippen LogP contribution is -2.29. The van der Waals surface area contributed by atoms with E-state index < -0.39 is 32.4 Å². The quantitative estimate of drug-likeness (QED) is 0.812. The van der Waals surface area contributed by atoms with Gasteiger partial charge in [0.05, 0.1) is 19.0 Å². The summed E-state index contributed by atoms with van der Waals surface area (Å²) in [5.41, 5.74) is -0.750. The first kappa shape index (κ1) is 16.8. The molecule has 1 N–H and O–H groups in total. The van der Waals surface area contributed by atoms with E-state index in [1.54, 1.807) is 24.3 Å². The van der Waals surface area contributed by atoms with Gasteiger partial charge in [-0.15, -0.1) is 0 Å². The van der Waals surface area contributed by atoms with Gasteiger partial charge in [0.2, 0.25) is 0 Å². The van der Waals surface area contributed by atoms with Crippen molar-refractivity contribution in [1.29, 1.82) is 0 Å². The van der Waals surface area contributed by atoms with Gasteiger partial charge in [0.25, 0.3) is 0 Å². The number of methoxy groups -OCH3 is 2. The Kier molecular flexibility index (Phi) is 4.49. The summed E-state index contributed by atoms with van der Waals surface area (Å²) in [7, 11) is -0.596. The average molecular weight is 328 g/mol. The van der Waals surface area contributed by atoms with Crippen molar-refractivity contribution in [2.45, 2.75) is 18.1 Å². The smallest absolute Gasteiger partial charge is 0.314 e. The maximum atomic E-state index is 12.3. The number of carboxylic acid groups (broad SMARTS) is 1. The van der Waals surface area contributed by atoms with Crippen LogP contribution in [0.15, 0.2) is 24.3 Å². The Balaban J connectivity index is 2.48. The number of aliphatic carboxylic acids is 1. The van der Waals surface area contributed by atoms with Crippen molar-refractivity contribution in [1.82, 2.24) is 0 Å². The van der Waals surface area contributed by atoms with E-state index in [4.69, 9.17) is 9.47 Å². The van der Waals surface area contributed by atoms with E-state index in [9.17, 15) is 18.3 Å². The molecule has 1 aromatic carbocycles. The minimum atomic E-state index is -3.50. The van der Waals surface area contributed by atoms with Crippen LogP contribution in [-0.2, 0) is 19.4 Å². The molecule has 0 spiro atoms. The topological polar surface area (TPSA) is 89.9 Å². The summed E-state index contributed by atoms with van der Waals surface area (Å²) in [5, 5.41) is 8.67. The van der Waals surface area contributed by atoms with Crippen molar-refractivity contribution >= 4 is 15.8 Å². The van der Waals surface area contributed by atoms with Crippen LogP contribution in [-0.4, -0.2) is 51.3 Å². The molecule has 7 heteroatoms. The number of ether oxygens (including phenoxy) is 2. The van der Waals surface area contributed by atoms with Crippen LogP contribution in [0, 0.1) is 5.41 Å². The van der Waals surface area contributed by atoms with Crippen molar-refractivity contribution in [3.63, 3.8) is 0 Å². The Morgan fingerprint density at radius 1 is 1.27 bits per heavy atom. The van der Waals surface area contributed by atoms with Gasteiger partial charge in [-0.3, -0.25) is 4.79 Å². The summed E-state index contributed by atoms with van der Waals surface area (Å²) in [5.74, 6) is -1.21. The third-order valence-corrected chi connectivity index (χ3v) is 6.57. The normalized spacial score (nSPS) is 27.4. The number of rotatable bonds is 7. The number of carbonyl (C=O) groups is 1. The maximum Gasteiger partial charge on any atom is 0.314 e. The fourth-order valence-electron chi connectivity index (χ4n) is 3.12. The molecule has 0 radical (unpaired) electrons. The van der Waals surface area contributed by atoms with Crippen LogP contribution in [0.3, 0.4) is 0 Å². The van der Waals surface area contributed by atoms with Crippen LogP contribution in [0.2, 0.25) is 0 Å². The molecule has 122 valence electrons. The molecule has 1 fully saturated rings. The molecule has 0 saturated heterocycles. The van der Waals surface area contributed by atoms with E-state index in [0.29, 0.717) is 11.3 Å². The van der Waals surface area contributed by atoms with E-state index in [1.807, 2.05) is 0 Å². The second-order valence-electron chi connectivity index (χ2n) is 5.40. The highest BCUT2D eigenvalue weighted by Crippen LogP contribution is 2.63.